The lowest BCUT2D eigenvalue weighted by atomic mass is 10.1. The lowest BCUT2D eigenvalue weighted by Gasteiger charge is -1.93. The number of carbonyl (C=O) groups excluding carboxylic acids is 1. The van der Waals surface area contributed by atoms with Crippen LogP contribution in [-0.4, -0.2) is 11.1 Å². The summed E-state index contributed by atoms with van der Waals surface area (Å²) in [5.41, 5.74) is 0. The second kappa shape index (κ2) is 8.98. The number of rotatable bonds is 7. The highest BCUT2D eigenvalue weighted by molar-refractivity contribution is 9.09. The summed E-state index contributed by atoms with van der Waals surface area (Å²) in [4.78, 5) is 10.8. The average molecular weight is 233 g/mol. The zero-order valence-electron chi connectivity index (χ0n) is 7.68. The molecular weight excluding hydrogens is 216 g/mol. The van der Waals surface area contributed by atoms with Crippen LogP contribution < -0.4 is 0 Å². The summed E-state index contributed by atoms with van der Waals surface area (Å²) in [7, 11) is 0. The van der Waals surface area contributed by atoms with Crippen molar-refractivity contribution in [2.24, 2.45) is 0 Å². The summed E-state index contributed by atoms with van der Waals surface area (Å²) in [6, 6.07) is 0. The largest absolute Gasteiger partial charge is 0.294 e. The van der Waals surface area contributed by atoms with E-state index in [2.05, 4.69) is 22.9 Å². The lowest BCUT2D eigenvalue weighted by Crippen LogP contribution is -1.91. The molecule has 0 atom stereocenters. The smallest absolute Gasteiger partial charge is 0.165 e. The SMILES string of the molecule is CCCCCCC=CC(=O)CBr. The first kappa shape index (κ1) is 11.9. The van der Waals surface area contributed by atoms with Gasteiger partial charge in [-0.1, -0.05) is 48.2 Å². The monoisotopic (exact) mass is 232 g/mol. The van der Waals surface area contributed by atoms with Crippen LogP contribution in [0.5, 0.6) is 0 Å². The van der Waals surface area contributed by atoms with E-state index in [-0.39, 0.29) is 5.78 Å². The van der Waals surface area contributed by atoms with Gasteiger partial charge in [0.15, 0.2) is 5.78 Å². The topological polar surface area (TPSA) is 17.1 Å². The average Bonchev–Trinajstić information content (AvgIpc) is 2.10. The van der Waals surface area contributed by atoms with Crippen LogP contribution in [0.1, 0.15) is 39.0 Å². The molecule has 0 aliphatic carbocycles. The Morgan fingerprint density at radius 3 is 2.67 bits per heavy atom. The summed E-state index contributed by atoms with van der Waals surface area (Å²) in [6.45, 7) is 2.20. The molecule has 2 heteroatoms. The second-order valence-corrected chi connectivity index (χ2v) is 3.41. The van der Waals surface area contributed by atoms with Crippen LogP contribution in [-0.2, 0) is 4.79 Å². The molecule has 0 saturated carbocycles. The van der Waals surface area contributed by atoms with Crippen LogP contribution in [0, 0.1) is 0 Å². The molecule has 0 fully saturated rings. The zero-order valence-corrected chi connectivity index (χ0v) is 9.27. The van der Waals surface area contributed by atoms with E-state index in [0.29, 0.717) is 5.33 Å². The van der Waals surface area contributed by atoms with Crippen molar-refractivity contribution in [2.75, 3.05) is 5.33 Å². The molecule has 0 aliphatic heterocycles. The van der Waals surface area contributed by atoms with Crippen LogP contribution in [0.15, 0.2) is 12.2 Å². The fourth-order valence-electron chi connectivity index (χ4n) is 0.948. The molecule has 1 nitrogen and oxygen atoms in total. The van der Waals surface area contributed by atoms with Crippen LogP contribution in [0.4, 0.5) is 0 Å². The highest BCUT2D eigenvalue weighted by Crippen LogP contribution is 2.02. The molecule has 0 N–H and O–H groups in total. The Hall–Kier alpha value is -0.110. The molecule has 0 unspecified atom stereocenters. The standard InChI is InChI=1S/C10H17BrO/c1-2-3-4-5-6-7-8-10(12)9-11/h7-8H,2-6,9H2,1H3. The summed E-state index contributed by atoms with van der Waals surface area (Å²) in [5, 5.41) is 0.443. The molecule has 0 amide bonds. The quantitative estimate of drug-likeness (QED) is 0.374. The summed E-state index contributed by atoms with van der Waals surface area (Å²) < 4.78 is 0. The van der Waals surface area contributed by atoms with Gasteiger partial charge in [0.25, 0.3) is 0 Å². The van der Waals surface area contributed by atoms with E-state index in [4.69, 9.17) is 0 Å². The van der Waals surface area contributed by atoms with Gasteiger partial charge in [0.1, 0.15) is 0 Å². The van der Waals surface area contributed by atoms with E-state index >= 15 is 0 Å². The van der Waals surface area contributed by atoms with E-state index in [9.17, 15) is 4.79 Å². The van der Waals surface area contributed by atoms with Gasteiger partial charge in [-0.15, -0.1) is 0 Å². The van der Waals surface area contributed by atoms with Crippen LogP contribution >= 0.6 is 15.9 Å². The molecule has 12 heavy (non-hydrogen) atoms. The Bertz CT molecular complexity index is 141. The molecule has 0 radical (unpaired) electrons. The minimum atomic E-state index is 0.158. The normalized spacial score (nSPS) is 10.8. The Morgan fingerprint density at radius 2 is 2.08 bits per heavy atom. The number of ketones is 1. The number of hydrogen-bond donors (Lipinski definition) is 0. The van der Waals surface area contributed by atoms with Crippen molar-refractivity contribution in [3.63, 3.8) is 0 Å². The van der Waals surface area contributed by atoms with Gasteiger partial charge in [-0.3, -0.25) is 4.79 Å². The van der Waals surface area contributed by atoms with Gasteiger partial charge >= 0.3 is 0 Å². The maximum absolute atomic E-state index is 10.8. The molecular formula is C10H17BrO. The maximum atomic E-state index is 10.8. The first-order chi connectivity index (χ1) is 5.81. The Morgan fingerprint density at radius 1 is 1.33 bits per heavy atom. The van der Waals surface area contributed by atoms with E-state index in [1.54, 1.807) is 6.08 Å². The Kier molecular flexibility index (Phi) is 8.90. The first-order valence-electron chi connectivity index (χ1n) is 4.56. The minimum Gasteiger partial charge on any atom is -0.294 e. The fourth-order valence-corrected chi connectivity index (χ4v) is 1.14. The predicted octanol–water partition coefficient (Wildman–Crippen LogP) is 3.48. The molecule has 0 heterocycles. The number of carbonyl (C=O) groups is 1. The third-order valence-electron chi connectivity index (χ3n) is 1.66. The molecule has 0 saturated heterocycles. The van der Waals surface area contributed by atoms with Crippen molar-refractivity contribution in [1.82, 2.24) is 0 Å². The lowest BCUT2D eigenvalue weighted by molar-refractivity contribution is -0.112. The number of halogens is 1. The van der Waals surface area contributed by atoms with Crippen LogP contribution in [0.25, 0.3) is 0 Å². The molecule has 0 aliphatic rings. The number of alkyl halides is 1. The Balaban J connectivity index is 3.18. The molecule has 70 valence electrons. The predicted molar refractivity (Wildman–Crippen MR) is 56.7 cm³/mol. The van der Waals surface area contributed by atoms with E-state index in [1.807, 2.05) is 6.08 Å². The number of unbranched alkanes of at least 4 members (excludes halogenated alkanes) is 4. The van der Waals surface area contributed by atoms with Gasteiger partial charge in [0.2, 0.25) is 0 Å². The van der Waals surface area contributed by atoms with Gasteiger partial charge in [0, 0.05) is 0 Å². The van der Waals surface area contributed by atoms with Gasteiger partial charge in [-0.05, 0) is 18.9 Å². The van der Waals surface area contributed by atoms with Crippen molar-refractivity contribution < 1.29 is 4.79 Å². The number of allylic oxidation sites excluding steroid dienone is 2. The second-order valence-electron chi connectivity index (χ2n) is 2.85. The molecule has 0 aromatic rings. The molecule has 0 aromatic heterocycles. The molecule has 0 rings (SSSR count). The van der Waals surface area contributed by atoms with E-state index in [0.717, 1.165) is 6.42 Å². The highest BCUT2D eigenvalue weighted by Gasteiger charge is 1.89. The fraction of sp³-hybridized carbons (Fsp3) is 0.700. The van der Waals surface area contributed by atoms with Crippen molar-refractivity contribution >= 4 is 21.7 Å². The molecule has 0 bridgehead atoms. The van der Waals surface area contributed by atoms with Crippen molar-refractivity contribution in [3.05, 3.63) is 12.2 Å². The highest BCUT2D eigenvalue weighted by atomic mass is 79.9. The Labute approximate surface area is 83.4 Å². The van der Waals surface area contributed by atoms with Crippen molar-refractivity contribution in [2.45, 2.75) is 39.0 Å². The van der Waals surface area contributed by atoms with Crippen LogP contribution in [0.2, 0.25) is 0 Å². The molecule has 0 spiro atoms. The van der Waals surface area contributed by atoms with Gasteiger partial charge < -0.3 is 0 Å². The summed E-state index contributed by atoms with van der Waals surface area (Å²) >= 11 is 3.11. The maximum Gasteiger partial charge on any atom is 0.165 e. The van der Waals surface area contributed by atoms with E-state index < -0.39 is 0 Å². The third kappa shape index (κ3) is 7.99. The van der Waals surface area contributed by atoms with Gasteiger partial charge in [-0.25, -0.2) is 0 Å². The van der Waals surface area contributed by atoms with Gasteiger partial charge in [-0.2, -0.15) is 0 Å². The minimum absolute atomic E-state index is 0.158. The van der Waals surface area contributed by atoms with Gasteiger partial charge in [0.05, 0.1) is 5.33 Å². The third-order valence-corrected chi connectivity index (χ3v) is 2.21. The van der Waals surface area contributed by atoms with Crippen molar-refractivity contribution in [3.8, 4) is 0 Å². The first-order valence-corrected chi connectivity index (χ1v) is 5.68. The number of hydrogen-bond acceptors (Lipinski definition) is 1. The van der Waals surface area contributed by atoms with Crippen molar-refractivity contribution in [1.29, 1.82) is 0 Å². The summed E-state index contributed by atoms with van der Waals surface area (Å²) in [5.74, 6) is 0.158. The zero-order chi connectivity index (χ0) is 9.23. The molecule has 0 aromatic carbocycles. The summed E-state index contributed by atoms with van der Waals surface area (Å²) in [6.07, 6.45) is 9.74. The van der Waals surface area contributed by atoms with Crippen LogP contribution in [0.3, 0.4) is 0 Å². The van der Waals surface area contributed by atoms with E-state index in [1.165, 1.54) is 25.7 Å².